The first-order valence-corrected chi connectivity index (χ1v) is 13.3. The second-order valence-corrected chi connectivity index (χ2v) is 11.9. The van der Waals surface area contributed by atoms with Gasteiger partial charge in [0, 0.05) is 6.42 Å². The summed E-state index contributed by atoms with van der Waals surface area (Å²) < 4.78 is 474. The van der Waals surface area contributed by atoms with Crippen molar-refractivity contribution in [2.75, 3.05) is 5.75 Å². The average molecular weight is 928 g/mol. The van der Waals surface area contributed by atoms with Gasteiger partial charge in [0.2, 0.25) is 0 Å². The van der Waals surface area contributed by atoms with Crippen molar-refractivity contribution in [3.8, 4) is 0 Å². The Balaban J connectivity index is 7.70. The van der Waals surface area contributed by atoms with E-state index in [4.69, 9.17) is 4.55 Å². The Labute approximate surface area is 276 Å². The highest BCUT2D eigenvalue weighted by molar-refractivity contribution is 7.85. The van der Waals surface area contributed by atoms with Crippen molar-refractivity contribution in [3.63, 3.8) is 0 Å². The Kier molecular flexibility index (Phi) is 12.2. The van der Waals surface area contributed by atoms with Crippen LogP contribution in [0.1, 0.15) is 6.42 Å². The zero-order valence-electron chi connectivity index (χ0n) is 23.6. The van der Waals surface area contributed by atoms with Gasteiger partial charge in [-0.1, -0.05) is 0 Å². The fourth-order valence-electron chi connectivity index (χ4n) is 3.19. The van der Waals surface area contributed by atoms with Gasteiger partial charge in [-0.3, -0.25) is 4.55 Å². The zero-order valence-corrected chi connectivity index (χ0v) is 24.4. The first-order valence-electron chi connectivity index (χ1n) is 11.6. The fourth-order valence-corrected chi connectivity index (χ4v) is 3.70. The monoisotopic (exact) mass is 928 g/mol. The number of halogens is 33. The molecule has 0 amide bonds. The summed E-state index contributed by atoms with van der Waals surface area (Å²) in [7, 11) is -6.15. The van der Waals surface area contributed by atoms with Crippen molar-refractivity contribution in [1.29, 1.82) is 0 Å². The maximum absolute atomic E-state index is 13.9. The average Bonchev–Trinajstić information content (AvgIpc) is 2.93. The van der Waals surface area contributed by atoms with E-state index in [0.29, 0.717) is 0 Å². The molecule has 0 aliphatic rings. The van der Waals surface area contributed by atoms with Crippen LogP contribution >= 0.6 is 0 Å². The molecule has 3 nitrogen and oxygen atoms in total. The Bertz CT molecular complexity index is 1520. The molecule has 0 aliphatic heterocycles. The van der Waals surface area contributed by atoms with Gasteiger partial charge in [0.25, 0.3) is 10.1 Å². The SMILES string of the molecule is O=S(=O)(O)CCC(F)(F)C(F)(F)C(F)(F)C(F)(F)C(F)(F)C(F)(F)C(F)(F)C(F)(F)C(F)(F)C(F)(F)C(F)(F)C(F)(F)C(F)(F)C(F)(F)C(F)(F)C(F)(F)F. The number of alkyl halides is 33. The maximum atomic E-state index is 13.9. The van der Waals surface area contributed by atoms with E-state index in [9.17, 15) is 153 Å². The van der Waals surface area contributed by atoms with Gasteiger partial charge in [0.1, 0.15) is 0 Å². The van der Waals surface area contributed by atoms with E-state index >= 15 is 0 Å². The van der Waals surface area contributed by atoms with Crippen molar-refractivity contribution >= 4 is 10.1 Å². The lowest BCUT2D eigenvalue weighted by Gasteiger charge is -2.46. The lowest BCUT2D eigenvalue weighted by molar-refractivity contribution is -0.491. The van der Waals surface area contributed by atoms with Crippen molar-refractivity contribution in [2.24, 2.45) is 0 Å². The molecule has 0 fully saturated rings. The molecule has 0 spiro atoms. The minimum Gasteiger partial charge on any atom is -0.286 e. The predicted molar refractivity (Wildman–Crippen MR) is 101 cm³/mol. The molecule has 0 aromatic heterocycles. The Hall–Kier alpha value is -2.40. The van der Waals surface area contributed by atoms with Crippen LogP contribution in [-0.4, -0.2) is 114 Å². The molecule has 0 rings (SSSR count). The van der Waals surface area contributed by atoms with Crippen LogP contribution in [0.2, 0.25) is 0 Å². The third kappa shape index (κ3) is 6.51. The molecule has 37 heteroatoms. The van der Waals surface area contributed by atoms with Gasteiger partial charge in [-0.15, -0.1) is 0 Å². The van der Waals surface area contributed by atoms with Crippen LogP contribution in [0.4, 0.5) is 145 Å². The first-order chi connectivity index (χ1) is 23.0. The minimum absolute atomic E-state index is 3.03. The topological polar surface area (TPSA) is 54.4 Å². The summed E-state index contributed by atoms with van der Waals surface area (Å²) in [5.41, 5.74) is 0. The lowest BCUT2D eigenvalue weighted by atomic mass is 9.82. The Morgan fingerprint density at radius 2 is 0.418 bits per heavy atom. The molecule has 0 saturated carbocycles. The van der Waals surface area contributed by atoms with E-state index in [1.165, 1.54) is 0 Å². The van der Waals surface area contributed by atoms with Crippen molar-refractivity contribution in [1.82, 2.24) is 0 Å². The quantitative estimate of drug-likeness (QED) is 0.117. The molecule has 0 atom stereocenters. The Morgan fingerprint density at radius 3 is 0.564 bits per heavy atom. The lowest BCUT2D eigenvalue weighted by Crippen LogP contribution is -2.80. The van der Waals surface area contributed by atoms with E-state index in [0.717, 1.165) is 0 Å². The maximum Gasteiger partial charge on any atom is 0.460 e. The van der Waals surface area contributed by atoms with E-state index in [1.54, 1.807) is 0 Å². The van der Waals surface area contributed by atoms with Gasteiger partial charge in [-0.2, -0.15) is 153 Å². The molecule has 0 unspecified atom stereocenters. The highest BCUT2D eigenvalue weighted by Crippen LogP contribution is 2.70. The molecule has 55 heavy (non-hydrogen) atoms. The molecule has 0 aromatic carbocycles. The second kappa shape index (κ2) is 12.8. The standard InChI is InChI=1S/C18H5F33O3S/c19-3(20,1-2-55(52,53)54)4(21,22)5(23,24)6(25,26)7(27,28)8(29,30)9(31,32)10(33,34)11(35,36)12(37,38)13(39,40)14(41,42)15(43,44)16(45,46)17(47,48)18(49,50)51/h1-2H2,(H,52,53,54). The Morgan fingerprint density at radius 1 is 0.273 bits per heavy atom. The van der Waals surface area contributed by atoms with Crippen LogP contribution in [-0.2, 0) is 10.1 Å². The van der Waals surface area contributed by atoms with Crippen LogP contribution in [0.25, 0.3) is 0 Å². The van der Waals surface area contributed by atoms with Gasteiger partial charge in [0.15, 0.2) is 0 Å². The van der Waals surface area contributed by atoms with Gasteiger partial charge in [-0.05, 0) is 0 Å². The van der Waals surface area contributed by atoms with Gasteiger partial charge < -0.3 is 0 Å². The summed E-state index contributed by atoms with van der Waals surface area (Å²) in [6.07, 6.45) is -12.1. The third-order valence-corrected chi connectivity index (χ3v) is 7.34. The van der Waals surface area contributed by atoms with Crippen LogP contribution in [0, 0.1) is 0 Å². The summed E-state index contributed by atoms with van der Waals surface area (Å²) in [5.74, 6) is -147. The fraction of sp³-hybridized carbons (Fsp3) is 1.00. The molecule has 1 N–H and O–H groups in total. The van der Waals surface area contributed by atoms with E-state index in [2.05, 4.69) is 0 Å². The number of hydrogen-bond donors (Lipinski definition) is 1. The molecule has 332 valence electrons. The smallest absolute Gasteiger partial charge is 0.286 e. The van der Waals surface area contributed by atoms with E-state index < -0.39 is 117 Å². The predicted octanol–water partition coefficient (Wildman–Crippen LogP) is 10.4. The zero-order chi connectivity index (χ0) is 45.9. The van der Waals surface area contributed by atoms with Crippen LogP contribution in [0.5, 0.6) is 0 Å². The van der Waals surface area contributed by atoms with Gasteiger partial charge >= 0.3 is 95.0 Å². The molecule has 0 heterocycles. The van der Waals surface area contributed by atoms with Crippen molar-refractivity contribution in [3.05, 3.63) is 0 Å². The van der Waals surface area contributed by atoms with Gasteiger partial charge in [0.05, 0.1) is 5.75 Å². The van der Waals surface area contributed by atoms with E-state index in [-0.39, 0.29) is 0 Å². The highest BCUT2D eigenvalue weighted by Gasteiger charge is 3.01. The van der Waals surface area contributed by atoms with Gasteiger partial charge in [-0.25, -0.2) is 0 Å². The summed E-state index contributed by atoms with van der Waals surface area (Å²) >= 11 is 0. The molecular weight excluding hydrogens is 923 g/mol. The molecular formula is C18H5F33O3S. The van der Waals surface area contributed by atoms with Crippen LogP contribution in [0.3, 0.4) is 0 Å². The normalized spacial score (nSPS) is 17.2. The second-order valence-electron chi connectivity index (χ2n) is 10.3. The van der Waals surface area contributed by atoms with Crippen LogP contribution < -0.4 is 0 Å². The van der Waals surface area contributed by atoms with Crippen LogP contribution in [0.15, 0.2) is 0 Å². The third-order valence-electron chi connectivity index (χ3n) is 6.62. The summed E-state index contributed by atoms with van der Waals surface area (Å²) in [6, 6.07) is 0. The molecule has 0 aromatic rings. The molecule has 0 bridgehead atoms. The van der Waals surface area contributed by atoms with Crippen molar-refractivity contribution < 1.29 is 158 Å². The van der Waals surface area contributed by atoms with E-state index in [1.807, 2.05) is 0 Å². The first kappa shape index (κ1) is 52.6. The minimum atomic E-state index is -10.3. The van der Waals surface area contributed by atoms with Crippen molar-refractivity contribution in [2.45, 2.75) is 101 Å². The molecule has 0 radical (unpaired) electrons. The summed E-state index contributed by atoms with van der Waals surface area (Å²) in [5, 5.41) is 0. The largest absolute Gasteiger partial charge is 0.460 e. The number of rotatable bonds is 17. The number of hydrogen-bond acceptors (Lipinski definition) is 2. The summed E-state index contributed by atoms with van der Waals surface area (Å²) in [6.45, 7) is 0. The summed E-state index contributed by atoms with van der Waals surface area (Å²) in [4.78, 5) is 0. The molecule has 0 aliphatic carbocycles. The highest BCUT2D eigenvalue weighted by atomic mass is 32.2. The molecule has 0 saturated heterocycles.